The molecule has 0 aliphatic heterocycles. The van der Waals surface area contributed by atoms with Gasteiger partial charge in [0.15, 0.2) is 5.82 Å². The molecule has 5 nitrogen and oxygen atoms in total. The molecular formula is C25H20F6N4O. The number of hydrogen-bond donors (Lipinski definition) is 1. The van der Waals surface area contributed by atoms with Crippen LogP contribution in [0.3, 0.4) is 0 Å². The molecule has 0 radical (unpaired) electrons. The smallest absolute Gasteiger partial charge is 0.398 e. The van der Waals surface area contributed by atoms with Gasteiger partial charge in [0.1, 0.15) is 6.61 Å². The third-order valence-electron chi connectivity index (χ3n) is 5.31. The van der Waals surface area contributed by atoms with Crippen molar-refractivity contribution in [2.75, 3.05) is 5.73 Å². The number of anilines is 1. The molecule has 2 aromatic heterocycles. The topological polar surface area (TPSA) is 73.9 Å². The molecule has 188 valence electrons. The first-order valence-corrected chi connectivity index (χ1v) is 10.8. The predicted octanol–water partition coefficient (Wildman–Crippen LogP) is 6.90. The maximum Gasteiger partial charge on any atom is 0.418 e. The summed E-state index contributed by atoms with van der Waals surface area (Å²) in [6.45, 7) is 3.50. The Morgan fingerprint density at radius 1 is 0.889 bits per heavy atom. The third-order valence-corrected chi connectivity index (χ3v) is 5.31. The maximum absolute atomic E-state index is 13.6. The van der Waals surface area contributed by atoms with Crippen LogP contribution in [-0.2, 0) is 23.7 Å². The Labute approximate surface area is 202 Å². The molecule has 2 heterocycles. The molecule has 4 aromatic rings. The number of nitrogen functional groups attached to an aromatic ring is 1. The third kappa shape index (κ3) is 5.25. The average Bonchev–Trinajstić information content (AvgIpc) is 2.81. The SMILES string of the molecule is CC(C)OCc1nc(-c2cc(C(F)(F)F)ccc2N)c2ccc(-c3ncccc3C(F)(F)F)cc2n1. The van der Waals surface area contributed by atoms with Crippen molar-refractivity contribution in [1.82, 2.24) is 15.0 Å². The highest BCUT2D eigenvalue weighted by Gasteiger charge is 2.34. The van der Waals surface area contributed by atoms with E-state index in [2.05, 4.69) is 15.0 Å². The number of benzene rings is 2. The highest BCUT2D eigenvalue weighted by atomic mass is 19.4. The number of fused-ring (bicyclic) bond motifs is 1. The van der Waals surface area contributed by atoms with Crippen LogP contribution in [0, 0.1) is 0 Å². The van der Waals surface area contributed by atoms with Crippen molar-refractivity contribution in [3.05, 3.63) is 71.7 Å². The molecule has 2 N–H and O–H groups in total. The van der Waals surface area contributed by atoms with E-state index in [9.17, 15) is 26.3 Å². The number of halogens is 6. The van der Waals surface area contributed by atoms with Gasteiger partial charge in [-0.3, -0.25) is 4.98 Å². The van der Waals surface area contributed by atoms with Crippen LogP contribution < -0.4 is 5.73 Å². The fraction of sp³-hybridized carbons (Fsp3) is 0.240. The summed E-state index contributed by atoms with van der Waals surface area (Å²) >= 11 is 0. The van der Waals surface area contributed by atoms with Crippen LogP contribution in [0.15, 0.2) is 54.7 Å². The normalized spacial score (nSPS) is 12.5. The number of rotatable bonds is 5. The van der Waals surface area contributed by atoms with Crippen molar-refractivity contribution < 1.29 is 31.1 Å². The van der Waals surface area contributed by atoms with Crippen molar-refractivity contribution in [2.45, 2.75) is 38.9 Å². The van der Waals surface area contributed by atoms with Crippen molar-refractivity contribution in [3.63, 3.8) is 0 Å². The Morgan fingerprint density at radius 3 is 2.31 bits per heavy atom. The largest absolute Gasteiger partial charge is 0.418 e. The van der Waals surface area contributed by atoms with Gasteiger partial charge in [-0.1, -0.05) is 6.07 Å². The highest BCUT2D eigenvalue weighted by Crippen LogP contribution is 2.39. The molecule has 0 aliphatic carbocycles. The molecule has 0 aliphatic rings. The van der Waals surface area contributed by atoms with Gasteiger partial charge in [-0.25, -0.2) is 9.97 Å². The van der Waals surface area contributed by atoms with Crippen molar-refractivity contribution in [3.8, 4) is 22.5 Å². The summed E-state index contributed by atoms with van der Waals surface area (Å²) in [6, 6.07) is 9.22. The number of nitrogens with zero attached hydrogens (tertiary/aromatic N) is 3. The number of ether oxygens (including phenoxy) is 1. The highest BCUT2D eigenvalue weighted by molar-refractivity contribution is 5.97. The lowest BCUT2D eigenvalue weighted by Gasteiger charge is -2.16. The summed E-state index contributed by atoms with van der Waals surface area (Å²) < 4.78 is 86.5. The standard InChI is InChI=1S/C25H20F6N4O/c1-13(2)36-12-21-34-20-10-14(22-18(25(29,30)31)4-3-9-33-22)5-7-16(20)23(35-21)17-11-15(24(26,27)28)6-8-19(17)32/h3-11,13H,12,32H2,1-2H3. The molecule has 0 unspecified atom stereocenters. The minimum Gasteiger partial charge on any atom is -0.398 e. The van der Waals surface area contributed by atoms with E-state index in [1.54, 1.807) is 13.8 Å². The van der Waals surface area contributed by atoms with Gasteiger partial charge in [0.05, 0.1) is 34.1 Å². The zero-order valence-corrected chi connectivity index (χ0v) is 19.1. The van der Waals surface area contributed by atoms with Gasteiger partial charge in [-0.2, -0.15) is 26.3 Å². The molecule has 0 saturated heterocycles. The number of nitrogens with two attached hydrogens (primary N) is 1. The average molecular weight is 506 g/mol. The molecule has 11 heteroatoms. The first kappa shape index (κ1) is 25.4. The summed E-state index contributed by atoms with van der Waals surface area (Å²) in [5.74, 6) is 0.136. The van der Waals surface area contributed by atoms with Crippen LogP contribution in [0.25, 0.3) is 33.4 Å². The van der Waals surface area contributed by atoms with E-state index in [1.165, 1.54) is 30.5 Å². The van der Waals surface area contributed by atoms with Crippen LogP contribution >= 0.6 is 0 Å². The Bertz CT molecular complexity index is 1420. The van der Waals surface area contributed by atoms with Gasteiger partial charge in [-0.05, 0) is 56.3 Å². The number of hydrogen-bond acceptors (Lipinski definition) is 5. The van der Waals surface area contributed by atoms with E-state index in [0.29, 0.717) is 5.39 Å². The predicted molar refractivity (Wildman–Crippen MR) is 123 cm³/mol. The van der Waals surface area contributed by atoms with E-state index in [-0.39, 0.29) is 52.3 Å². The lowest BCUT2D eigenvalue weighted by Crippen LogP contribution is -2.09. The Kier molecular flexibility index (Phi) is 6.61. The molecule has 2 aromatic carbocycles. The fourth-order valence-corrected chi connectivity index (χ4v) is 3.64. The van der Waals surface area contributed by atoms with Crippen LogP contribution in [0.2, 0.25) is 0 Å². The summed E-state index contributed by atoms with van der Waals surface area (Å²) in [6.07, 6.45) is -8.21. The van der Waals surface area contributed by atoms with Crippen LogP contribution in [0.4, 0.5) is 32.0 Å². The second-order valence-electron chi connectivity index (χ2n) is 8.28. The van der Waals surface area contributed by atoms with Crippen molar-refractivity contribution in [2.24, 2.45) is 0 Å². The quantitative estimate of drug-likeness (QED) is 0.235. The first-order valence-electron chi connectivity index (χ1n) is 10.8. The van der Waals surface area contributed by atoms with Crippen molar-refractivity contribution in [1.29, 1.82) is 0 Å². The number of alkyl halides is 6. The molecule has 36 heavy (non-hydrogen) atoms. The summed E-state index contributed by atoms with van der Waals surface area (Å²) in [5, 5.41) is 0.308. The van der Waals surface area contributed by atoms with Crippen LogP contribution in [-0.4, -0.2) is 21.1 Å². The monoisotopic (exact) mass is 506 g/mol. The minimum absolute atomic E-state index is 0.0181. The fourth-order valence-electron chi connectivity index (χ4n) is 3.64. The van der Waals surface area contributed by atoms with E-state index in [4.69, 9.17) is 10.5 Å². The Morgan fingerprint density at radius 2 is 1.64 bits per heavy atom. The lowest BCUT2D eigenvalue weighted by molar-refractivity contribution is -0.138. The zero-order valence-electron chi connectivity index (χ0n) is 19.1. The molecule has 0 atom stereocenters. The minimum atomic E-state index is -4.64. The Balaban J connectivity index is 1.96. The second kappa shape index (κ2) is 9.38. The van der Waals surface area contributed by atoms with Gasteiger partial charge in [0.25, 0.3) is 0 Å². The van der Waals surface area contributed by atoms with Crippen LogP contribution in [0.5, 0.6) is 0 Å². The summed E-state index contributed by atoms with van der Waals surface area (Å²) in [4.78, 5) is 12.7. The number of aromatic nitrogens is 3. The van der Waals surface area contributed by atoms with Gasteiger partial charge < -0.3 is 10.5 Å². The summed E-state index contributed by atoms with van der Waals surface area (Å²) in [5.41, 5.74) is 4.39. The molecule has 0 saturated carbocycles. The van der Waals surface area contributed by atoms with Crippen LogP contribution in [0.1, 0.15) is 30.8 Å². The van der Waals surface area contributed by atoms with Gasteiger partial charge in [0, 0.05) is 28.4 Å². The van der Waals surface area contributed by atoms with Crippen molar-refractivity contribution >= 4 is 16.6 Å². The molecule has 4 rings (SSSR count). The maximum atomic E-state index is 13.6. The number of pyridine rings is 1. The summed E-state index contributed by atoms with van der Waals surface area (Å²) in [7, 11) is 0. The van der Waals surface area contributed by atoms with E-state index in [1.807, 2.05) is 0 Å². The lowest BCUT2D eigenvalue weighted by atomic mass is 9.99. The zero-order chi connectivity index (χ0) is 26.3. The van der Waals surface area contributed by atoms with E-state index >= 15 is 0 Å². The molecule has 0 bridgehead atoms. The molecule has 0 amide bonds. The van der Waals surface area contributed by atoms with Gasteiger partial charge in [-0.15, -0.1) is 0 Å². The van der Waals surface area contributed by atoms with Gasteiger partial charge >= 0.3 is 12.4 Å². The first-order chi connectivity index (χ1) is 16.8. The second-order valence-corrected chi connectivity index (χ2v) is 8.28. The van der Waals surface area contributed by atoms with E-state index in [0.717, 1.165) is 24.3 Å². The van der Waals surface area contributed by atoms with Gasteiger partial charge in [0.2, 0.25) is 0 Å². The van der Waals surface area contributed by atoms with E-state index < -0.39 is 23.5 Å². The molecule has 0 fully saturated rings. The Hall–Kier alpha value is -3.73. The molecule has 0 spiro atoms. The molecular weight excluding hydrogens is 486 g/mol.